The first kappa shape index (κ1) is 18.2. The van der Waals surface area contributed by atoms with E-state index in [4.69, 9.17) is 0 Å². The van der Waals surface area contributed by atoms with Crippen LogP contribution in [0.15, 0.2) is 59.8 Å². The molecule has 1 N–H and O–H groups in total. The van der Waals surface area contributed by atoms with E-state index >= 15 is 0 Å². The number of carbonyl (C=O) groups excluding carboxylic acids is 1. The molecule has 0 atom stereocenters. The molecular weight excluding hydrogens is 344 g/mol. The number of benzene rings is 2. The Labute approximate surface area is 157 Å². The Kier molecular flexibility index (Phi) is 5.73. The van der Waals surface area contributed by atoms with Crippen molar-refractivity contribution in [1.29, 1.82) is 0 Å². The molecule has 26 heavy (non-hydrogen) atoms. The highest BCUT2D eigenvalue weighted by atomic mass is 32.2. The molecule has 1 aromatic heterocycles. The molecule has 3 aromatic rings. The Morgan fingerprint density at radius 2 is 1.77 bits per heavy atom. The number of amides is 1. The second-order valence-corrected chi connectivity index (χ2v) is 6.93. The zero-order valence-corrected chi connectivity index (χ0v) is 16.0. The number of carbonyl (C=O) groups is 1. The summed E-state index contributed by atoms with van der Waals surface area (Å²) >= 11 is 1.55. The van der Waals surface area contributed by atoms with Crippen LogP contribution in [0.1, 0.15) is 36.1 Å². The summed E-state index contributed by atoms with van der Waals surface area (Å²) in [5.41, 5.74) is 2.59. The van der Waals surface area contributed by atoms with Gasteiger partial charge in [-0.25, -0.2) is 0 Å². The molecule has 0 aliphatic rings. The van der Waals surface area contributed by atoms with Crippen LogP contribution in [0.4, 0.5) is 0 Å². The van der Waals surface area contributed by atoms with E-state index in [1.54, 1.807) is 11.8 Å². The summed E-state index contributed by atoms with van der Waals surface area (Å²) in [6.07, 6.45) is 1.97. The van der Waals surface area contributed by atoms with Crippen molar-refractivity contribution in [1.82, 2.24) is 20.1 Å². The predicted octanol–water partition coefficient (Wildman–Crippen LogP) is 4.18. The second kappa shape index (κ2) is 8.19. The van der Waals surface area contributed by atoms with E-state index in [0.29, 0.717) is 12.1 Å². The third-order valence-electron chi connectivity index (χ3n) is 4.10. The fraction of sp³-hybridized carbons (Fsp3) is 0.250. The first-order valence-electron chi connectivity index (χ1n) is 8.52. The lowest BCUT2D eigenvalue weighted by Crippen LogP contribution is -2.25. The van der Waals surface area contributed by atoms with Crippen molar-refractivity contribution in [3.63, 3.8) is 0 Å². The van der Waals surface area contributed by atoms with E-state index in [2.05, 4.69) is 29.4 Å². The largest absolute Gasteiger partial charge is 0.345 e. The summed E-state index contributed by atoms with van der Waals surface area (Å²) in [7, 11) is 0. The molecule has 5 nitrogen and oxygen atoms in total. The monoisotopic (exact) mass is 366 g/mol. The average molecular weight is 366 g/mol. The Morgan fingerprint density at radius 3 is 2.46 bits per heavy atom. The van der Waals surface area contributed by atoms with Crippen LogP contribution < -0.4 is 5.32 Å². The highest BCUT2D eigenvalue weighted by Crippen LogP contribution is 2.24. The van der Waals surface area contributed by atoms with E-state index in [-0.39, 0.29) is 11.9 Å². The number of nitrogens with zero attached hydrogens (tertiary/aromatic N) is 3. The van der Waals surface area contributed by atoms with E-state index in [0.717, 1.165) is 22.1 Å². The van der Waals surface area contributed by atoms with Crippen LogP contribution in [-0.2, 0) is 6.54 Å². The van der Waals surface area contributed by atoms with E-state index in [1.807, 2.05) is 65.4 Å². The molecular formula is C20H22N4OS. The lowest BCUT2D eigenvalue weighted by molar-refractivity contribution is 0.0950. The van der Waals surface area contributed by atoms with Crippen molar-refractivity contribution in [2.45, 2.75) is 31.6 Å². The van der Waals surface area contributed by atoms with Gasteiger partial charge < -0.3 is 9.88 Å². The third kappa shape index (κ3) is 3.80. The third-order valence-corrected chi connectivity index (χ3v) is 4.74. The Balaban J connectivity index is 1.81. The predicted molar refractivity (Wildman–Crippen MR) is 105 cm³/mol. The second-order valence-electron chi connectivity index (χ2n) is 6.16. The van der Waals surface area contributed by atoms with Crippen molar-refractivity contribution in [3.8, 4) is 11.1 Å². The Bertz CT molecular complexity index is 890. The van der Waals surface area contributed by atoms with E-state index in [1.165, 1.54) is 0 Å². The smallest absolute Gasteiger partial charge is 0.252 e. The number of hydrogen-bond acceptors (Lipinski definition) is 4. The van der Waals surface area contributed by atoms with Crippen molar-refractivity contribution >= 4 is 17.7 Å². The summed E-state index contributed by atoms with van der Waals surface area (Å²) in [6.45, 7) is 4.51. The maximum absolute atomic E-state index is 12.8. The highest BCUT2D eigenvalue weighted by Gasteiger charge is 2.16. The fourth-order valence-electron chi connectivity index (χ4n) is 2.89. The minimum Gasteiger partial charge on any atom is -0.345 e. The minimum absolute atomic E-state index is 0.117. The van der Waals surface area contributed by atoms with E-state index < -0.39 is 0 Å². The SMILES string of the molecule is CSc1nnc(CNC(=O)c2ccccc2-c2ccccc2)n1C(C)C. The van der Waals surface area contributed by atoms with Crippen LogP contribution >= 0.6 is 11.8 Å². The van der Waals surface area contributed by atoms with Crippen molar-refractivity contribution < 1.29 is 4.79 Å². The molecule has 0 saturated carbocycles. The van der Waals surface area contributed by atoms with Crippen LogP contribution in [0.2, 0.25) is 0 Å². The number of nitrogens with one attached hydrogen (secondary N) is 1. The molecule has 0 saturated heterocycles. The van der Waals surface area contributed by atoms with Gasteiger partial charge in [0.2, 0.25) is 0 Å². The molecule has 0 bridgehead atoms. The maximum Gasteiger partial charge on any atom is 0.252 e. The van der Waals surface area contributed by atoms with Gasteiger partial charge in [-0.3, -0.25) is 4.79 Å². The van der Waals surface area contributed by atoms with Crippen molar-refractivity contribution in [2.75, 3.05) is 6.26 Å². The molecule has 1 amide bonds. The van der Waals surface area contributed by atoms with Crippen LogP contribution in [0.3, 0.4) is 0 Å². The van der Waals surface area contributed by atoms with E-state index in [9.17, 15) is 4.79 Å². The van der Waals surface area contributed by atoms with Gasteiger partial charge in [-0.1, -0.05) is 60.3 Å². The van der Waals surface area contributed by atoms with Gasteiger partial charge in [-0.2, -0.15) is 0 Å². The van der Waals surface area contributed by atoms with Crippen LogP contribution in [0.25, 0.3) is 11.1 Å². The molecule has 3 rings (SSSR count). The fourth-order valence-corrected chi connectivity index (χ4v) is 3.53. The molecule has 0 spiro atoms. The van der Waals surface area contributed by atoms with Crippen LogP contribution in [0.5, 0.6) is 0 Å². The number of thioether (sulfide) groups is 1. The first-order chi connectivity index (χ1) is 12.6. The molecule has 0 fully saturated rings. The van der Waals surface area contributed by atoms with Crippen LogP contribution in [0, 0.1) is 0 Å². The van der Waals surface area contributed by atoms with Gasteiger partial charge in [-0.15, -0.1) is 10.2 Å². The average Bonchev–Trinajstić information content (AvgIpc) is 3.10. The lowest BCUT2D eigenvalue weighted by atomic mass is 9.99. The summed E-state index contributed by atoms with van der Waals surface area (Å²) in [4.78, 5) is 12.8. The zero-order valence-electron chi connectivity index (χ0n) is 15.1. The summed E-state index contributed by atoms with van der Waals surface area (Å²) < 4.78 is 2.05. The van der Waals surface area contributed by atoms with Crippen molar-refractivity contribution in [2.24, 2.45) is 0 Å². The zero-order chi connectivity index (χ0) is 18.5. The standard InChI is InChI=1S/C20H22N4OS/c1-14(2)24-18(22-23-20(24)26-3)13-21-19(25)17-12-8-7-11-16(17)15-9-5-4-6-10-15/h4-12,14H,13H2,1-3H3,(H,21,25). The Hall–Kier alpha value is -2.60. The molecule has 134 valence electrons. The normalized spacial score (nSPS) is 10.9. The minimum atomic E-state index is -0.117. The molecule has 0 unspecified atom stereocenters. The van der Waals surface area contributed by atoms with Gasteiger partial charge in [-0.05, 0) is 37.3 Å². The van der Waals surface area contributed by atoms with Gasteiger partial charge in [0.1, 0.15) is 0 Å². The molecule has 0 aliphatic carbocycles. The van der Waals surface area contributed by atoms with Gasteiger partial charge >= 0.3 is 0 Å². The number of hydrogen-bond donors (Lipinski definition) is 1. The topological polar surface area (TPSA) is 59.8 Å². The number of rotatable bonds is 6. The number of aromatic nitrogens is 3. The highest BCUT2D eigenvalue weighted by molar-refractivity contribution is 7.98. The molecule has 1 heterocycles. The summed E-state index contributed by atoms with van der Waals surface area (Å²) in [6, 6.07) is 17.8. The maximum atomic E-state index is 12.8. The first-order valence-corrected chi connectivity index (χ1v) is 9.74. The van der Waals surface area contributed by atoms with Gasteiger partial charge in [0.25, 0.3) is 5.91 Å². The Morgan fingerprint density at radius 1 is 1.08 bits per heavy atom. The van der Waals surface area contributed by atoms with Crippen molar-refractivity contribution in [3.05, 3.63) is 66.0 Å². The van der Waals surface area contributed by atoms with Gasteiger partial charge in [0.15, 0.2) is 11.0 Å². The molecule has 2 aromatic carbocycles. The van der Waals surface area contributed by atoms with Gasteiger partial charge in [0.05, 0.1) is 6.54 Å². The van der Waals surface area contributed by atoms with Crippen LogP contribution in [-0.4, -0.2) is 26.9 Å². The molecule has 0 radical (unpaired) electrons. The quantitative estimate of drug-likeness (QED) is 0.665. The lowest BCUT2D eigenvalue weighted by Gasteiger charge is -2.14. The molecule has 6 heteroatoms. The molecule has 0 aliphatic heterocycles. The summed E-state index contributed by atoms with van der Waals surface area (Å²) in [5.74, 6) is 0.642. The summed E-state index contributed by atoms with van der Waals surface area (Å²) in [5, 5.41) is 12.3. The van der Waals surface area contributed by atoms with Gasteiger partial charge in [0, 0.05) is 11.6 Å².